The fourth-order valence-corrected chi connectivity index (χ4v) is 0. The standard InChI is InChI=1S/3C3H7O.ClSi/c3*1-3(2)4;1-2/h3*3H,1-2H3;/q3*-1;+3. The zero-order valence-corrected chi connectivity index (χ0v) is 11.6. The van der Waals surface area contributed by atoms with Crippen LogP contribution in [0.25, 0.3) is 0 Å². The van der Waals surface area contributed by atoms with Gasteiger partial charge in [0.25, 0.3) is 0 Å². The minimum absolute atomic E-state index is 0.417. The van der Waals surface area contributed by atoms with Crippen molar-refractivity contribution in [1.82, 2.24) is 0 Å². The third-order valence-electron chi connectivity index (χ3n) is 0. The summed E-state index contributed by atoms with van der Waals surface area (Å²) in [5.74, 6) is 0. The summed E-state index contributed by atoms with van der Waals surface area (Å²) in [7, 11) is 2.44. The average Bonchev–Trinajstić information content (AvgIpc) is 1.86. The normalized spacial score (nSPS) is 8.21. The molecule has 0 aromatic carbocycles. The molecule has 0 atom stereocenters. The average molecular weight is 241 g/mol. The van der Waals surface area contributed by atoms with Crippen molar-refractivity contribution in [3.63, 3.8) is 0 Å². The molecule has 0 rings (SSSR count). The van der Waals surface area contributed by atoms with Crippen molar-refractivity contribution in [3.8, 4) is 0 Å². The molecule has 14 heavy (non-hydrogen) atoms. The van der Waals surface area contributed by atoms with E-state index in [1.165, 1.54) is 0 Å². The molecular weight excluding hydrogens is 220 g/mol. The van der Waals surface area contributed by atoms with Gasteiger partial charge >= 0.3 is 20.6 Å². The molecule has 0 radical (unpaired) electrons. The predicted octanol–water partition coefficient (Wildman–Crippen LogP) is -0.426. The van der Waals surface area contributed by atoms with Gasteiger partial charge in [0, 0.05) is 0 Å². The second-order valence-corrected chi connectivity index (χ2v) is 3.15. The van der Waals surface area contributed by atoms with Gasteiger partial charge in [-0.05, 0) is 0 Å². The molecule has 0 aromatic heterocycles. The molecule has 0 heterocycles. The van der Waals surface area contributed by atoms with Gasteiger partial charge in [0.1, 0.15) is 0 Å². The molecule has 86 valence electrons. The third-order valence-corrected chi connectivity index (χ3v) is 0. The van der Waals surface area contributed by atoms with Crippen LogP contribution >= 0.6 is 11.1 Å². The number of hydrogen-bond acceptors (Lipinski definition) is 3. The molecular formula is C9H21ClO3Si. The van der Waals surface area contributed by atoms with Gasteiger partial charge in [-0.15, -0.1) is 18.3 Å². The first-order valence-corrected chi connectivity index (χ1v) is 5.87. The van der Waals surface area contributed by atoms with Gasteiger partial charge < -0.3 is 15.3 Å². The third kappa shape index (κ3) is 10700. The van der Waals surface area contributed by atoms with Gasteiger partial charge in [-0.1, -0.05) is 41.5 Å². The maximum absolute atomic E-state index is 9.53. The molecule has 0 bridgehead atoms. The molecule has 0 spiro atoms. The molecule has 0 fully saturated rings. The van der Waals surface area contributed by atoms with E-state index in [0.717, 1.165) is 0 Å². The minimum atomic E-state index is -0.417. The number of halogens is 1. The summed E-state index contributed by atoms with van der Waals surface area (Å²) >= 11 is 4.44. The molecule has 0 aliphatic carbocycles. The van der Waals surface area contributed by atoms with Crippen molar-refractivity contribution in [3.05, 3.63) is 0 Å². The topological polar surface area (TPSA) is 69.2 Å². The molecule has 0 unspecified atom stereocenters. The summed E-state index contributed by atoms with van der Waals surface area (Å²) in [5, 5.41) is 28.6. The molecule has 0 aliphatic heterocycles. The Hall–Kier alpha value is 0.387. The van der Waals surface area contributed by atoms with Crippen molar-refractivity contribution in [2.45, 2.75) is 59.9 Å². The van der Waals surface area contributed by atoms with Crippen molar-refractivity contribution >= 4 is 20.6 Å². The Balaban J connectivity index is -0.0000000492. The Morgan fingerprint density at radius 2 is 0.643 bits per heavy atom. The predicted molar refractivity (Wildman–Crippen MR) is 57.0 cm³/mol. The molecule has 0 N–H and O–H groups in total. The van der Waals surface area contributed by atoms with Gasteiger partial charge in [0.15, 0.2) is 0 Å². The second-order valence-electron chi connectivity index (χ2n) is 3.15. The van der Waals surface area contributed by atoms with Gasteiger partial charge in [-0.25, -0.2) is 0 Å². The van der Waals surface area contributed by atoms with E-state index < -0.39 is 18.3 Å². The van der Waals surface area contributed by atoms with Gasteiger partial charge in [-0.3, -0.25) is 0 Å². The zero-order valence-electron chi connectivity index (χ0n) is 9.83. The quantitative estimate of drug-likeness (QED) is 0.426. The summed E-state index contributed by atoms with van der Waals surface area (Å²) in [6.07, 6.45) is -1.25. The van der Waals surface area contributed by atoms with E-state index in [4.69, 9.17) is 0 Å². The van der Waals surface area contributed by atoms with Gasteiger partial charge in [-0.2, -0.15) is 0 Å². The van der Waals surface area contributed by atoms with Gasteiger partial charge in [0.05, 0.1) is 0 Å². The first-order chi connectivity index (χ1) is 6.20. The Morgan fingerprint density at radius 3 is 0.643 bits per heavy atom. The van der Waals surface area contributed by atoms with E-state index in [1.807, 2.05) is 0 Å². The van der Waals surface area contributed by atoms with Crippen molar-refractivity contribution in [2.75, 3.05) is 0 Å². The van der Waals surface area contributed by atoms with Crippen LogP contribution in [0, 0.1) is 0 Å². The molecule has 0 aromatic rings. The van der Waals surface area contributed by atoms with E-state index in [9.17, 15) is 15.3 Å². The van der Waals surface area contributed by atoms with Crippen molar-refractivity contribution in [1.29, 1.82) is 0 Å². The number of rotatable bonds is 0. The van der Waals surface area contributed by atoms with Crippen LogP contribution in [0.5, 0.6) is 0 Å². The van der Waals surface area contributed by atoms with Crippen LogP contribution in [0.3, 0.4) is 0 Å². The molecule has 0 saturated heterocycles. The Bertz CT molecular complexity index is 48.5. The zero-order chi connectivity index (χ0) is 12.7. The van der Waals surface area contributed by atoms with Crippen molar-refractivity contribution < 1.29 is 15.3 Å². The maximum atomic E-state index is 9.53. The molecule has 0 aliphatic rings. The SMILES string of the molecule is CC(C)[O-].CC(C)[O-].CC(C)[O-].[Si+3]Cl. The van der Waals surface area contributed by atoms with Crippen LogP contribution in [-0.4, -0.2) is 27.9 Å². The van der Waals surface area contributed by atoms with Crippen LogP contribution in [-0.2, 0) is 0 Å². The first-order valence-electron chi connectivity index (χ1n) is 4.36. The molecule has 0 amide bonds. The van der Waals surface area contributed by atoms with Crippen LogP contribution in [0.2, 0.25) is 0 Å². The Labute approximate surface area is 96.2 Å². The van der Waals surface area contributed by atoms with E-state index in [1.54, 1.807) is 41.5 Å². The van der Waals surface area contributed by atoms with E-state index in [-0.39, 0.29) is 0 Å². The van der Waals surface area contributed by atoms with E-state index in [2.05, 4.69) is 20.6 Å². The van der Waals surface area contributed by atoms with E-state index in [0.29, 0.717) is 0 Å². The summed E-state index contributed by atoms with van der Waals surface area (Å²) in [5.41, 5.74) is 0. The summed E-state index contributed by atoms with van der Waals surface area (Å²) in [6, 6.07) is 0. The second kappa shape index (κ2) is 23.3. The van der Waals surface area contributed by atoms with Crippen LogP contribution in [0.1, 0.15) is 41.5 Å². The van der Waals surface area contributed by atoms with Gasteiger partial charge in [0.2, 0.25) is 0 Å². The van der Waals surface area contributed by atoms with Crippen molar-refractivity contribution in [2.24, 2.45) is 0 Å². The monoisotopic (exact) mass is 240 g/mol. The molecule has 0 saturated carbocycles. The van der Waals surface area contributed by atoms with Crippen LogP contribution < -0.4 is 15.3 Å². The first kappa shape index (κ1) is 23.9. The summed E-state index contributed by atoms with van der Waals surface area (Å²) in [6.45, 7) is 9.67. The fourth-order valence-electron chi connectivity index (χ4n) is 0. The Morgan fingerprint density at radius 1 is 0.643 bits per heavy atom. The summed E-state index contributed by atoms with van der Waals surface area (Å²) in [4.78, 5) is 0. The van der Waals surface area contributed by atoms with Crippen LogP contribution in [0.15, 0.2) is 0 Å². The molecule has 5 heteroatoms. The van der Waals surface area contributed by atoms with Crippen LogP contribution in [0.4, 0.5) is 0 Å². The molecule has 3 nitrogen and oxygen atoms in total. The fraction of sp³-hybridized carbons (Fsp3) is 1.00. The summed E-state index contributed by atoms with van der Waals surface area (Å²) < 4.78 is 0. The Kier molecular flexibility index (Phi) is 39.8. The number of hydrogen-bond donors (Lipinski definition) is 0. The van der Waals surface area contributed by atoms with E-state index >= 15 is 0 Å².